The van der Waals surface area contributed by atoms with Gasteiger partial charge in [0, 0.05) is 12.1 Å². The van der Waals surface area contributed by atoms with Crippen LogP contribution in [0.2, 0.25) is 0 Å². The van der Waals surface area contributed by atoms with Crippen molar-refractivity contribution in [3.8, 4) is 11.4 Å². The normalized spacial score (nSPS) is 19.9. The molecule has 1 fully saturated rings. The van der Waals surface area contributed by atoms with Gasteiger partial charge in [-0.2, -0.15) is 4.98 Å². The first-order valence-electron chi connectivity index (χ1n) is 6.45. The highest BCUT2D eigenvalue weighted by Crippen LogP contribution is 2.25. The van der Waals surface area contributed by atoms with Crippen molar-refractivity contribution in [1.29, 1.82) is 0 Å². The van der Waals surface area contributed by atoms with E-state index >= 15 is 0 Å². The Morgan fingerprint density at radius 2 is 2.22 bits per heavy atom. The zero-order valence-corrected chi connectivity index (χ0v) is 10.5. The molecule has 0 saturated carbocycles. The molecule has 94 valence electrons. The van der Waals surface area contributed by atoms with Gasteiger partial charge in [-0.25, -0.2) is 0 Å². The third kappa shape index (κ3) is 2.16. The molecule has 1 aromatic heterocycles. The maximum atomic E-state index is 5.41. The van der Waals surface area contributed by atoms with Crippen LogP contribution in [0.1, 0.15) is 30.2 Å². The van der Waals surface area contributed by atoms with Crippen molar-refractivity contribution in [3.05, 3.63) is 35.7 Å². The third-order valence-corrected chi connectivity index (χ3v) is 3.47. The van der Waals surface area contributed by atoms with E-state index in [9.17, 15) is 0 Å². The molecule has 0 bridgehead atoms. The molecule has 18 heavy (non-hydrogen) atoms. The summed E-state index contributed by atoms with van der Waals surface area (Å²) in [5.74, 6) is 1.83. The lowest BCUT2D eigenvalue weighted by Crippen LogP contribution is -2.28. The molecule has 1 aliphatic heterocycles. The average molecular weight is 243 g/mol. The molecule has 4 heteroatoms. The Hall–Kier alpha value is -1.68. The monoisotopic (exact) mass is 243 g/mol. The number of rotatable bonds is 2. The molecule has 2 aromatic rings. The van der Waals surface area contributed by atoms with Gasteiger partial charge in [-0.05, 0) is 31.9 Å². The van der Waals surface area contributed by atoms with E-state index in [0.717, 1.165) is 31.0 Å². The lowest BCUT2D eigenvalue weighted by Gasteiger charge is -2.18. The average Bonchev–Trinajstić information content (AvgIpc) is 2.90. The van der Waals surface area contributed by atoms with Crippen LogP contribution >= 0.6 is 0 Å². The summed E-state index contributed by atoms with van der Waals surface area (Å²) >= 11 is 0. The summed E-state index contributed by atoms with van der Waals surface area (Å²) in [5, 5.41) is 7.47. The summed E-state index contributed by atoms with van der Waals surface area (Å²) in [6.07, 6.45) is 2.30. The fourth-order valence-electron chi connectivity index (χ4n) is 2.40. The van der Waals surface area contributed by atoms with Crippen LogP contribution in [-0.4, -0.2) is 23.2 Å². The molecule has 1 N–H and O–H groups in total. The van der Waals surface area contributed by atoms with Gasteiger partial charge in [-0.1, -0.05) is 29.4 Å². The Bertz CT molecular complexity index is 529. The Kier molecular flexibility index (Phi) is 3.11. The van der Waals surface area contributed by atoms with Crippen LogP contribution in [0.3, 0.4) is 0 Å². The summed E-state index contributed by atoms with van der Waals surface area (Å²) in [6, 6.07) is 8.11. The quantitative estimate of drug-likeness (QED) is 0.880. The van der Waals surface area contributed by atoms with Crippen LogP contribution < -0.4 is 5.32 Å². The minimum Gasteiger partial charge on any atom is -0.339 e. The van der Waals surface area contributed by atoms with E-state index in [2.05, 4.69) is 28.4 Å². The number of aromatic nitrogens is 2. The summed E-state index contributed by atoms with van der Waals surface area (Å²) in [7, 11) is 0. The lowest BCUT2D eigenvalue weighted by atomic mass is 10.00. The lowest BCUT2D eigenvalue weighted by molar-refractivity contribution is 0.322. The molecular weight excluding hydrogens is 226 g/mol. The second-order valence-corrected chi connectivity index (χ2v) is 4.81. The maximum Gasteiger partial charge on any atom is 0.231 e. The highest BCUT2D eigenvalue weighted by molar-refractivity contribution is 5.58. The van der Waals surface area contributed by atoms with Gasteiger partial charge in [0.1, 0.15) is 0 Å². The van der Waals surface area contributed by atoms with E-state index in [1.54, 1.807) is 0 Å². The van der Waals surface area contributed by atoms with E-state index in [1.807, 2.05) is 18.2 Å². The Labute approximate surface area is 106 Å². The van der Waals surface area contributed by atoms with Gasteiger partial charge in [0.15, 0.2) is 0 Å². The van der Waals surface area contributed by atoms with Gasteiger partial charge < -0.3 is 9.84 Å². The van der Waals surface area contributed by atoms with Crippen LogP contribution in [0.15, 0.2) is 28.8 Å². The van der Waals surface area contributed by atoms with Crippen molar-refractivity contribution in [1.82, 2.24) is 15.5 Å². The molecule has 0 amide bonds. The molecule has 0 spiro atoms. The highest BCUT2D eigenvalue weighted by atomic mass is 16.5. The van der Waals surface area contributed by atoms with Gasteiger partial charge in [-0.3, -0.25) is 0 Å². The van der Waals surface area contributed by atoms with Crippen LogP contribution in [0.4, 0.5) is 0 Å². The SMILES string of the molecule is Cc1ccccc1-c1noc([C@@H]2CCCNC2)n1. The molecule has 1 saturated heterocycles. The highest BCUT2D eigenvalue weighted by Gasteiger charge is 2.21. The van der Waals surface area contributed by atoms with Crippen molar-refractivity contribution in [2.45, 2.75) is 25.7 Å². The molecule has 4 nitrogen and oxygen atoms in total. The fraction of sp³-hybridized carbons (Fsp3) is 0.429. The first kappa shape index (κ1) is 11.4. The number of aryl methyl sites for hydroxylation is 1. The Morgan fingerprint density at radius 3 is 3.00 bits per heavy atom. The Morgan fingerprint density at radius 1 is 1.33 bits per heavy atom. The van der Waals surface area contributed by atoms with E-state index in [4.69, 9.17) is 4.52 Å². The van der Waals surface area contributed by atoms with Crippen molar-refractivity contribution < 1.29 is 4.52 Å². The van der Waals surface area contributed by atoms with Gasteiger partial charge in [0.2, 0.25) is 11.7 Å². The standard InChI is InChI=1S/C14H17N3O/c1-10-5-2-3-7-12(10)13-16-14(18-17-13)11-6-4-8-15-9-11/h2-3,5,7,11,15H,4,6,8-9H2,1H3/t11-/m1/s1. The second kappa shape index (κ2) is 4.90. The molecular formula is C14H17N3O. The van der Waals surface area contributed by atoms with Crippen molar-refractivity contribution >= 4 is 0 Å². The summed E-state index contributed by atoms with van der Waals surface area (Å²) < 4.78 is 5.41. The molecule has 0 aliphatic carbocycles. The van der Waals surface area contributed by atoms with Crippen molar-refractivity contribution in [2.24, 2.45) is 0 Å². The third-order valence-electron chi connectivity index (χ3n) is 3.47. The van der Waals surface area contributed by atoms with Gasteiger partial charge in [0.25, 0.3) is 0 Å². The number of hydrogen-bond donors (Lipinski definition) is 1. The number of hydrogen-bond acceptors (Lipinski definition) is 4. The molecule has 2 heterocycles. The predicted molar refractivity (Wildman–Crippen MR) is 69.3 cm³/mol. The van der Waals surface area contributed by atoms with Crippen molar-refractivity contribution in [2.75, 3.05) is 13.1 Å². The minimum absolute atomic E-state index is 0.365. The summed E-state index contributed by atoms with van der Waals surface area (Å²) in [6.45, 7) is 4.10. The zero-order valence-electron chi connectivity index (χ0n) is 10.5. The van der Waals surface area contributed by atoms with E-state index in [-0.39, 0.29) is 0 Å². The Balaban J connectivity index is 1.87. The number of benzene rings is 1. The first-order chi connectivity index (χ1) is 8.84. The van der Waals surface area contributed by atoms with Crippen LogP contribution in [0.25, 0.3) is 11.4 Å². The summed E-state index contributed by atoms with van der Waals surface area (Å²) in [5.41, 5.74) is 2.22. The van der Waals surface area contributed by atoms with E-state index in [1.165, 1.54) is 12.0 Å². The van der Waals surface area contributed by atoms with Gasteiger partial charge >= 0.3 is 0 Å². The maximum absolute atomic E-state index is 5.41. The smallest absolute Gasteiger partial charge is 0.231 e. The van der Waals surface area contributed by atoms with E-state index < -0.39 is 0 Å². The first-order valence-corrected chi connectivity index (χ1v) is 6.45. The minimum atomic E-state index is 0.365. The van der Waals surface area contributed by atoms with Gasteiger partial charge in [-0.15, -0.1) is 0 Å². The topological polar surface area (TPSA) is 51.0 Å². The largest absolute Gasteiger partial charge is 0.339 e. The molecule has 1 aliphatic rings. The number of piperidine rings is 1. The molecule has 1 aromatic carbocycles. The number of nitrogens with zero attached hydrogens (tertiary/aromatic N) is 2. The predicted octanol–water partition coefficient (Wildman–Crippen LogP) is 2.51. The van der Waals surface area contributed by atoms with Crippen LogP contribution in [0, 0.1) is 6.92 Å². The van der Waals surface area contributed by atoms with E-state index in [0.29, 0.717) is 11.7 Å². The zero-order chi connectivity index (χ0) is 12.4. The van der Waals surface area contributed by atoms with Crippen LogP contribution in [-0.2, 0) is 0 Å². The molecule has 0 radical (unpaired) electrons. The van der Waals surface area contributed by atoms with Gasteiger partial charge in [0.05, 0.1) is 5.92 Å². The summed E-state index contributed by atoms with van der Waals surface area (Å²) in [4.78, 5) is 4.55. The molecule has 3 rings (SSSR count). The second-order valence-electron chi connectivity index (χ2n) is 4.81. The molecule has 1 atom stereocenters. The molecule has 0 unspecified atom stereocenters. The number of nitrogens with one attached hydrogen (secondary N) is 1. The van der Waals surface area contributed by atoms with Crippen LogP contribution in [0.5, 0.6) is 0 Å². The van der Waals surface area contributed by atoms with Crippen molar-refractivity contribution in [3.63, 3.8) is 0 Å². The fourth-order valence-corrected chi connectivity index (χ4v) is 2.40.